The van der Waals surface area contributed by atoms with Gasteiger partial charge in [0.25, 0.3) is 0 Å². The SMILES string of the molecule is CC(CC(=O)NCc1ccccc1CN1CCCCCC1)C1CCNCC1. The van der Waals surface area contributed by atoms with Gasteiger partial charge in [-0.2, -0.15) is 0 Å². The molecule has 2 N–H and O–H groups in total. The van der Waals surface area contributed by atoms with Gasteiger partial charge in [0.2, 0.25) is 5.91 Å². The van der Waals surface area contributed by atoms with E-state index in [1.807, 2.05) is 0 Å². The molecule has 2 heterocycles. The molecule has 0 bridgehead atoms. The minimum absolute atomic E-state index is 0.200. The second-order valence-electron chi connectivity index (χ2n) is 8.50. The van der Waals surface area contributed by atoms with Crippen molar-refractivity contribution in [2.24, 2.45) is 11.8 Å². The van der Waals surface area contributed by atoms with Crippen LogP contribution in [0, 0.1) is 11.8 Å². The summed E-state index contributed by atoms with van der Waals surface area (Å²) < 4.78 is 0. The Balaban J connectivity index is 1.49. The average Bonchev–Trinajstić information content (AvgIpc) is 2.97. The first-order valence-corrected chi connectivity index (χ1v) is 11.0. The van der Waals surface area contributed by atoms with Crippen molar-refractivity contribution in [3.05, 3.63) is 35.4 Å². The van der Waals surface area contributed by atoms with Crippen molar-refractivity contribution in [3.8, 4) is 0 Å². The highest BCUT2D eigenvalue weighted by atomic mass is 16.1. The molecule has 2 aliphatic heterocycles. The first kappa shape index (κ1) is 20.3. The van der Waals surface area contributed by atoms with Crippen LogP contribution in [-0.4, -0.2) is 37.0 Å². The van der Waals surface area contributed by atoms with Crippen LogP contribution in [0.3, 0.4) is 0 Å². The zero-order chi connectivity index (χ0) is 18.9. The Bertz CT molecular complexity index is 575. The molecule has 2 aliphatic rings. The summed E-state index contributed by atoms with van der Waals surface area (Å²) in [7, 11) is 0. The van der Waals surface area contributed by atoms with E-state index in [0.29, 0.717) is 24.8 Å². The first-order chi connectivity index (χ1) is 13.2. The van der Waals surface area contributed by atoms with E-state index in [9.17, 15) is 4.79 Å². The third kappa shape index (κ3) is 6.62. The van der Waals surface area contributed by atoms with E-state index < -0.39 is 0 Å². The van der Waals surface area contributed by atoms with Crippen LogP contribution in [0.1, 0.15) is 63.0 Å². The van der Waals surface area contributed by atoms with E-state index in [1.54, 1.807) is 0 Å². The molecule has 0 aliphatic carbocycles. The molecule has 1 atom stereocenters. The van der Waals surface area contributed by atoms with Gasteiger partial charge in [-0.05, 0) is 74.8 Å². The molecule has 1 aromatic carbocycles. The molecule has 4 heteroatoms. The van der Waals surface area contributed by atoms with Gasteiger partial charge in [-0.1, -0.05) is 44.0 Å². The third-order valence-electron chi connectivity index (χ3n) is 6.38. The molecular formula is C23H37N3O. The van der Waals surface area contributed by atoms with Crippen molar-refractivity contribution in [2.45, 2.75) is 65.0 Å². The topological polar surface area (TPSA) is 44.4 Å². The Kier molecular flexibility index (Phi) is 8.15. The molecule has 1 unspecified atom stereocenters. The van der Waals surface area contributed by atoms with Crippen molar-refractivity contribution in [2.75, 3.05) is 26.2 Å². The van der Waals surface area contributed by atoms with Gasteiger partial charge in [0.1, 0.15) is 0 Å². The maximum Gasteiger partial charge on any atom is 0.220 e. The van der Waals surface area contributed by atoms with Crippen LogP contribution in [0.5, 0.6) is 0 Å². The highest BCUT2D eigenvalue weighted by Crippen LogP contribution is 2.24. The van der Waals surface area contributed by atoms with Crippen LogP contribution in [0.15, 0.2) is 24.3 Å². The molecule has 0 spiro atoms. The minimum atomic E-state index is 0.200. The van der Waals surface area contributed by atoms with Gasteiger partial charge in [0.05, 0.1) is 0 Å². The normalized spacial score (nSPS) is 20.8. The number of amides is 1. The number of carbonyl (C=O) groups excluding carboxylic acids is 1. The Hall–Kier alpha value is -1.39. The first-order valence-electron chi connectivity index (χ1n) is 11.0. The summed E-state index contributed by atoms with van der Waals surface area (Å²) in [6, 6.07) is 8.61. The zero-order valence-electron chi connectivity index (χ0n) is 17.0. The number of nitrogens with zero attached hydrogens (tertiary/aromatic N) is 1. The average molecular weight is 372 g/mol. The summed E-state index contributed by atoms with van der Waals surface area (Å²) in [5.74, 6) is 1.36. The smallest absolute Gasteiger partial charge is 0.220 e. The number of hydrogen-bond donors (Lipinski definition) is 2. The number of benzene rings is 1. The van der Waals surface area contributed by atoms with Crippen molar-refractivity contribution in [1.82, 2.24) is 15.5 Å². The molecule has 1 amide bonds. The highest BCUT2D eigenvalue weighted by molar-refractivity contribution is 5.76. The molecule has 2 fully saturated rings. The third-order valence-corrected chi connectivity index (χ3v) is 6.38. The summed E-state index contributed by atoms with van der Waals surface area (Å²) in [6.07, 6.45) is 8.41. The maximum absolute atomic E-state index is 12.5. The lowest BCUT2D eigenvalue weighted by Crippen LogP contribution is -2.33. The second kappa shape index (κ2) is 10.8. The van der Waals surface area contributed by atoms with Crippen LogP contribution in [0.25, 0.3) is 0 Å². The minimum Gasteiger partial charge on any atom is -0.352 e. The fraction of sp³-hybridized carbons (Fsp3) is 0.696. The molecule has 3 rings (SSSR count). The molecular weight excluding hydrogens is 334 g/mol. The number of nitrogens with one attached hydrogen (secondary N) is 2. The van der Waals surface area contributed by atoms with Gasteiger partial charge in [0.15, 0.2) is 0 Å². The summed E-state index contributed by atoms with van der Waals surface area (Å²) >= 11 is 0. The maximum atomic E-state index is 12.5. The predicted molar refractivity (Wildman–Crippen MR) is 111 cm³/mol. The standard InChI is InChI=1S/C23H37N3O/c1-19(20-10-12-24-13-11-20)16-23(27)25-17-21-8-4-5-9-22(21)18-26-14-6-2-3-7-15-26/h4-5,8-9,19-20,24H,2-3,6-7,10-18H2,1H3,(H,25,27). The Morgan fingerprint density at radius 1 is 1.11 bits per heavy atom. The summed E-state index contributed by atoms with van der Waals surface area (Å²) in [5.41, 5.74) is 2.63. The summed E-state index contributed by atoms with van der Waals surface area (Å²) in [4.78, 5) is 15.1. The number of rotatable bonds is 7. The van der Waals surface area contributed by atoms with Gasteiger partial charge in [-0.25, -0.2) is 0 Å². The van der Waals surface area contributed by atoms with Crippen molar-refractivity contribution < 1.29 is 4.79 Å². The van der Waals surface area contributed by atoms with Crippen molar-refractivity contribution >= 4 is 5.91 Å². The van der Waals surface area contributed by atoms with E-state index in [1.165, 1.54) is 62.7 Å². The van der Waals surface area contributed by atoms with E-state index >= 15 is 0 Å². The quantitative estimate of drug-likeness (QED) is 0.768. The summed E-state index contributed by atoms with van der Waals surface area (Å²) in [5, 5.41) is 6.59. The van der Waals surface area contributed by atoms with E-state index in [2.05, 4.69) is 46.7 Å². The van der Waals surface area contributed by atoms with Crippen LogP contribution in [0.4, 0.5) is 0 Å². The van der Waals surface area contributed by atoms with E-state index in [-0.39, 0.29) is 5.91 Å². The van der Waals surface area contributed by atoms with Crippen LogP contribution in [0.2, 0.25) is 0 Å². The van der Waals surface area contributed by atoms with Gasteiger partial charge < -0.3 is 10.6 Å². The Labute approximate surface area is 165 Å². The molecule has 0 saturated carbocycles. The van der Waals surface area contributed by atoms with Gasteiger partial charge >= 0.3 is 0 Å². The van der Waals surface area contributed by atoms with E-state index in [4.69, 9.17) is 0 Å². The highest BCUT2D eigenvalue weighted by Gasteiger charge is 2.22. The zero-order valence-corrected chi connectivity index (χ0v) is 17.0. The second-order valence-corrected chi connectivity index (χ2v) is 8.50. The molecule has 4 nitrogen and oxygen atoms in total. The Morgan fingerprint density at radius 3 is 2.48 bits per heavy atom. The molecule has 27 heavy (non-hydrogen) atoms. The number of likely N-dealkylation sites (tertiary alicyclic amines) is 1. The molecule has 150 valence electrons. The monoisotopic (exact) mass is 371 g/mol. The molecule has 0 radical (unpaired) electrons. The Morgan fingerprint density at radius 2 is 1.78 bits per heavy atom. The molecule has 1 aromatic rings. The van der Waals surface area contributed by atoms with Gasteiger partial charge in [-0.15, -0.1) is 0 Å². The molecule has 0 aromatic heterocycles. The summed E-state index contributed by atoms with van der Waals surface area (Å²) in [6.45, 7) is 8.51. The number of carbonyl (C=O) groups is 1. The van der Waals surface area contributed by atoms with E-state index in [0.717, 1.165) is 19.6 Å². The predicted octanol–water partition coefficient (Wildman–Crippen LogP) is 3.70. The lowest BCUT2D eigenvalue weighted by Gasteiger charge is -2.28. The lowest BCUT2D eigenvalue weighted by atomic mass is 9.84. The lowest BCUT2D eigenvalue weighted by molar-refractivity contribution is -0.122. The fourth-order valence-corrected chi connectivity index (χ4v) is 4.56. The van der Waals surface area contributed by atoms with Gasteiger partial charge in [-0.3, -0.25) is 9.69 Å². The molecule has 2 saturated heterocycles. The largest absolute Gasteiger partial charge is 0.352 e. The van der Waals surface area contributed by atoms with Crippen molar-refractivity contribution in [3.63, 3.8) is 0 Å². The number of hydrogen-bond acceptors (Lipinski definition) is 3. The van der Waals surface area contributed by atoms with Crippen LogP contribution >= 0.6 is 0 Å². The van der Waals surface area contributed by atoms with Crippen LogP contribution < -0.4 is 10.6 Å². The number of piperidine rings is 1. The fourth-order valence-electron chi connectivity index (χ4n) is 4.56. The van der Waals surface area contributed by atoms with Crippen molar-refractivity contribution in [1.29, 1.82) is 0 Å². The van der Waals surface area contributed by atoms with Crippen LogP contribution in [-0.2, 0) is 17.9 Å². The van der Waals surface area contributed by atoms with Gasteiger partial charge in [0, 0.05) is 19.5 Å².